The fourth-order valence-electron chi connectivity index (χ4n) is 4.19. The molecule has 4 nitrogen and oxygen atoms in total. The molecular weight excluding hydrogens is 432 g/mol. The van der Waals surface area contributed by atoms with Crippen molar-refractivity contribution in [2.45, 2.75) is 0 Å². The van der Waals surface area contributed by atoms with Gasteiger partial charge in [0.2, 0.25) is 0 Å². The van der Waals surface area contributed by atoms with E-state index in [2.05, 4.69) is 9.97 Å². The Labute approximate surface area is 193 Å². The van der Waals surface area contributed by atoms with Gasteiger partial charge in [-0.2, -0.15) is 0 Å². The van der Waals surface area contributed by atoms with Crippen LogP contribution in [0.5, 0.6) is 11.5 Å². The molecule has 0 fully saturated rings. The molecule has 0 atom stereocenters. The Balaban J connectivity index is 1.45. The number of nitrogens with zero attached hydrogens (tertiary/aromatic N) is 3. The number of fused-ring (bicyclic) bond motifs is 3. The van der Waals surface area contributed by atoms with Gasteiger partial charge in [0.05, 0.1) is 16.7 Å². The van der Waals surface area contributed by atoms with E-state index in [1.807, 2.05) is 71.3 Å². The summed E-state index contributed by atoms with van der Waals surface area (Å²) in [6.45, 7) is 0. The second-order valence-corrected chi connectivity index (χ2v) is 7.85. The summed E-state index contributed by atoms with van der Waals surface area (Å²) < 4.78 is 35.7. The van der Waals surface area contributed by atoms with Gasteiger partial charge in [-0.3, -0.25) is 9.55 Å². The normalized spacial score (nSPS) is 11.2. The minimum Gasteiger partial charge on any atom is -0.457 e. The number of aromatic nitrogens is 3. The molecule has 0 saturated carbocycles. The molecule has 164 valence electrons. The predicted octanol–water partition coefficient (Wildman–Crippen LogP) is 7.31. The van der Waals surface area contributed by atoms with Crippen molar-refractivity contribution in [3.63, 3.8) is 0 Å². The summed E-state index contributed by atoms with van der Waals surface area (Å²) >= 11 is 0. The minimum atomic E-state index is -0.355. The van der Waals surface area contributed by atoms with Crippen LogP contribution >= 0.6 is 0 Å². The second-order valence-electron chi connectivity index (χ2n) is 7.85. The van der Waals surface area contributed by atoms with Gasteiger partial charge in [-0.25, -0.2) is 13.8 Å². The number of halogens is 2. The molecule has 0 saturated heterocycles. The molecule has 0 N–H and O–H groups in total. The lowest BCUT2D eigenvalue weighted by molar-refractivity contribution is 0.483. The van der Waals surface area contributed by atoms with Crippen LogP contribution in [0.2, 0.25) is 0 Å². The molecule has 0 aliphatic heterocycles. The van der Waals surface area contributed by atoms with Gasteiger partial charge in [0, 0.05) is 46.9 Å². The van der Waals surface area contributed by atoms with Gasteiger partial charge in [-0.15, -0.1) is 0 Å². The largest absolute Gasteiger partial charge is 0.457 e. The van der Waals surface area contributed by atoms with Crippen LogP contribution in [0.3, 0.4) is 0 Å². The highest BCUT2D eigenvalue weighted by atomic mass is 19.1. The van der Waals surface area contributed by atoms with Crippen molar-refractivity contribution >= 4 is 21.8 Å². The predicted molar refractivity (Wildman–Crippen MR) is 128 cm³/mol. The third-order valence-electron chi connectivity index (χ3n) is 5.67. The zero-order valence-corrected chi connectivity index (χ0v) is 17.8. The van der Waals surface area contributed by atoms with E-state index in [1.165, 1.54) is 36.7 Å². The Kier molecular flexibility index (Phi) is 4.77. The first-order valence-electron chi connectivity index (χ1n) is 10.7. The fraction of sp³-hybridized carbons (Fsp3) is 0. The van der Waals surface area contributed by atoms with Crippen LogP contribution in [0.25, 0.3) is 38.9 Å². The quantitative estimate of drug-likeness (QED) is 0.283. The van der Waals surface area contributed by atoms with Gasteiger partial charge in [0.25, 0.3) is 0 Å². The maximum absolute atomic E-state index is 14.0. The zero-order chi connectivity index (χ0) is 23.1. The van der Waals surface area contributed by atoms with Crippen molar-refractivity contribution in [3.8, 4) is 28.6 Å². The molecule has 3 aromatic heterocycles. The summed E-state index contributed by atoms with van der Waals surface area (Å²) in [4.78, 5) is 8.63. The average Bonchev–Trinajstić information content (AvgIpc) is 3.18. The monoisotopic (exact) mass is 449 g/mol. The highest BCUT2D eigenvalue weighted by molar-refractivity contribution is 6.09. The van der Waals surface area contributed by atoms with Gasteiger partial charge in [-0.05, 0) is 42.5 Å². The second kappa shape index (κ2) is 8.08. The molecule has 0 spiro atoms. The van der Waals surface area contributed by atoms with Crippen LogP contribution in [0.1, 0.15) is 0 Å². The molecule has 6 rings (SSSR count). The van der Waals surface area contributed by atoms with Gasteiger partial charge in [-0.1, -0.05) is 30.3 Å². The summed E-state index contributed by atoms with van der Waals surface area (Å²) in [5.74, 6) is 0.987. The van der Waals surface area contributed by atoms with Crippen molar-refractivity contribution < 1.29 is 13.5 Å². The van der Waals surface area contributed by atoms with Crippen LogP contribution in [0, 0.1) is 11.6 Å². The number of para-hydroxylation sites is 1. The number of hydrogen-bond donors (Lipinski definition) is 0. The molecule has 0 amide bonds. The molecule has 0 radical (unpaired) electrons. The van der Waals surface area contributed by atoms with Gasteiger partial charge >= 0.3 is 0 Å². The third kappa shape index (κ3) is 3.55. The van der Waals surface area contributed by atoms with Crippen molar-refractivity contribution in [1.29, 1.82) is 0 Å². The third-order valence-corrected chi connectivity index (χ3v) is 5.67. The van der Waals surface area contributed by atoms with Crippen molar-refractivity contribution in [2.75, 3.05) is 0 Å². The van der Waals surface area contributed by atoms with E-state index in [4.69, 9.17) is 4.74 Å². The van der Waals surface area contributed by atoms with Gasteiger partial charge in [0.15, 0.2) is 0 Å². The Morgan fingerprint density at radius 2 is 1.38 bits per heavy atom. The summed E-state index contributed by atoms with van der Waals surface area (Å²) in [7, 11) is 0. The molecule has 6 heteroatoms. The van der Waals surface area contributed by atoms with Crippen LogP contribution in [-0.4, -0.2) is 14.5 Å². The molecule has 34 heavy (non-hydrogen) atoms. The number of benzene rings is 3. The Morgan fingerprint density at radius 3 is 2.24 bits per heavy atom. The van der Waals surface area contributed by atoms with Crippen molar-refractivity contribution in [3.05, 3.63) is 115 Å². The lowest BCUT2D eigenvalue weighted by Crippen LogP contribution is -1.97. The van der Waals surface area contributed by atoms with E-state index >= 15 is 0 Å². The first-order valence-corrected chi connectivity index (χ1v) is 10.7. The average molecular weight is 449 g/mol. The highest BCUT2D eigenvalue weighted by Gasteiger charge is 2.14. The smallest absolute Gasteiger partial charge is 0.140 e. The molecule has 3 aromatic carbocycles. The van der Waals surface area contributed by atoms with E-state index in [1.54, 1.807) is 0 Å². The summed E-state index contributed by atoms with van der Waals surface area (Å²) in [5, 5.41) is 2.04. The van der Waals surface area contributed by atoms with Crippen molar-refractivity contribution in [2.24, 2.45) is 0 Å². The molecule has 0 unspecified atom stereocenters. The lowest BCUT2D eigenvalue weighted by Gasteiger charge is -2.10. The van der Waals surface area contributed by atoms with Crippen LogP contribution in [0.4, 0.5) is 8.78 Å². The number of rotatable bonds is 4. The molecular formula is C28H17F2N3O. The van der Waals surface area contributed by atoms with Crippen LogP contribution < -0.4 is 4.74 Å². The fourth-order valence-corrected chi connectivity index (χ4v) is 4.19. The maximum atomic E-state index is 14.0. The number of hydrogen-bond acceptors (Lipinski definition) is 3. The van der Waals surface area contributed by atoms with Crippen LogP contribution in [0.15, 0.2) is 103 Å². The summed E-state index contributed by atoms with van der Waals surface area (Å²) in [6, 6.07) is 26.5. The van der Waals surface area contributed by atoms with Crippen molar-refractivity contribution in [1.82, 2.24) is 14.5 Å². The Hall–Kier alpha value is -4.58. The molecule has 0 aliphatic rings. The summed E-state index contributed by atoms with van der Waals surface area (Å²) in [6.07, 6.45) is 2.89. The Morgan fingerprint density at radius 1 is 0.618 bits per heavy atom. The first-order chi connectivity index (χ1) is 16.7. The maximum Gasteiger partial charge on any atom is 0.140 e. The van der Waals surface area contributed by atoms with E-state index in [9.17, 15) is 8.78 Å². The van der Waals surface area contributed by atoms with E-state index in [0.29, 0.717) is 23.0 Å². The number of ether oxygens (including phenoxy) is 1. The SMILES string of the molecule is Fc1ccnc(-c2cccc(Oc3ccc4c5ccccc5n(-c5cc(F)ccn5)c4c3)c2)c1. The van der Waals surface area contributed by atoms with E-state index < -0.39 is 0 Å². The van der Waals surface area contributed by atoms with Gasteiger partial charge in [0.1, 0.15) is 29.0 Å². The number of pyridine rings is 2. The molecule has 3 heterocycles. The Bertz CT molecular complexity index is 1680. The van der Waals surface area contributed by atoms with Gasteiger partial charge < -0.3 is 4.74 Å². The zero-order valence-electron chi connectivity index (χ0n) is 17.8. The van der Waals surface area contributed by atoms with Crippen LogP contribution in [-0.2, 0) is 0 Å². The molecule has 0 bridgehead atoms. The van der Waals surface area contributed by atoms with E-state index in [0.717, 1.165) is 27.4 Å². The summed E-state index contributed by atoms with van der Waals surface area (Å²) in [5.41, 5.74) is 3.04. The standard InChI is InChI=1S/C28H17F2N3O/c29-19-10-12-31-25(15-19)18-4-3-5-21(14-18)34-22-8-9-24-23-6-1-2-7-26(23)33(27(24)17-22)28-16-20(30)11-13-32-28/h1-17H. The van der Waals surface area contributed by atoms with E-state index in [-0.39, 0.29) is 11.6 Å². The highest BCUT2D eigenvalue weighted by Crippen LogP contribution is 2.35. The molecule has 6 aromatic rings. The first kappa shape index (κ1) is 20.1. The lowest BCUT2D eigenvalue weighted by atomic mass is 10.1. The topological polar surface area (TPSA) is 39.9 Å². The molecule has 0 aliphatic carbocycles. The minimum absolute atomic E-state index is 0.347.